The molecule has 3 N–H and O–H groups in total. The molecule has 0 rings (SSSR count). The molecule has 10 heteroatoms. The van der Waals surface area contributed by atoms with Crippen LogP contribution in [0.25, 0.3) is 0 Å². The maximum absolute atomic E-state index is 12.6. The summed E-state index contributed by atoms with van der Waals surface area (Å²) in [6.07, 6.45) is 39.9. The zero-order valence-corrected chi connectivity index (χ0v) is 35.7. The fraction of sp³-hybridized carbons (Fsp3) is 0.953. The van der Waals surface area contributed by atoms with Crippen molar-refractivity contribution in [3.8, 4) is 0 Å². The lowest BCUT2D eigenvalue weighted by Gasteiger charge is -2.19. The van der Waals surface area contributed by atoms with Crippen LogP contribution in [0.4, 0.5) is 0 Å². The summed E-state index contributed by atoms with van der Waals surface area (Å²) in [6.45, 7) is 3.78. The lowest BCUT2D eigenvalue weighted by Crippen LogP contribution is -2.29. The lowest BCUT2D eigenvalue weighted by molar-refractivity contribution is -0.161. The first-order valence-corrected chi connectivity index (χ1v) is 24.0. The van der Waals surface area contributed by atoms with Gasteiger partial charge in [-0.1, -0.05) is 206 Å². The normalized spacial score (nSPS) is 13.2. The van der Waals surface area contributed by atoms with E-state index in [-0.39, 0.29) is 38.6 Å². The molecule has 0 aliphatic heterocycles. The van der Waals surface area contributed by atoms with Gasteiger partial charge in [-0.15, -0.1) is 0 Å². The topological polar surface area (TPSA) is 134 Å². The van der Waals surface area contributed by atoms with Crippen LogP contribution in [-0.4, -0.2) is 49.3 Å². The first-order chi connectivity index (χ1) is 25.8. The molecule has 0 aromatic carbocycles. The molecular weight excluding hydrogens is 689 g/mol. The number of ether oxygens (including phenoxy) is 2. The van der Waals surface area contributed by atoms with Crippen LogP contribution in [0.3, 0.4) is 0 Å². The molecule has 0 spiro atoms. The van der Waals surface area contributed by atoms with E-state index in [4.69, 9.17) is 24.3 Å². The van der Waals surface area contributed by atoms with Crippen LogP contribution in [0, 0.1) is 0 Å². The molecule has 0 saturated heterocycles. The zero-order valence-electron chi connectivity index (χ0n) is 34.8. The number of nitrogens with two attached hydrogens (primary N) is 1. The highest BCUT2D eigenvalue weighted by atomic mass is 31.2. The third-order valence-corrected chi connectivity index (χ3v) is 11.0. The molecule has 0 aliphatic carbocycles. The van der Waals surface area contributed by atoms with E-state index in [9.17, 15) is 19.0 Å². The van der Waals surface area contributed by atoms with Crippen LogP contribution in [0.1, 0.15) is 232 Å². The first-order valence-electron chi connectivity index (χ1n) is 22.5. The summed E-state index contributed by atoms with van der Waals surface area (Å²) in [4.78, 5) is 34.9. The second-order valence-electron chi connectivity index (χ2n) is 15.3. The highest BCUT2D eigenvalue weighted by molar-refractivity contribution is 7.47. The molecule has 1 unspecified atom stereocenters. The predicted molar refractivity (Wildman–Crippen MR) is 220 cm³/mol. The average molecular weight is 776 g/mol. The summed E-state index contributed by atoms with van der Waals surface area (Å²) in [5, 5.41) is 0. The second kappa shape index (κ2) is 40.7. The van der Waals surface area contributed by atoms with Gasteiger partial charge in [0.2, 0.25) is 0 Å². The molecule has 0 aromatic heterocycles. The van der Waals surface area contributed by atoms with Gasteiger partial charge in [-0.25, -0.2) is 4.57 Å². The van der Waals surface area contributed by atoms with Gasteiger partial charge < -0.3 is 20.1 Å². The van der Waals surface area contributed by atoms with Crippen LogP contribution < -0.4 is 5.73 Å². The Labute approximate surface area is 327 Å². The van der Waals surface area contributed by atoms with Gasteiger partial charge in [-0.05, 0) is 12.8 Å². The van der Waals surface area contributed by atoms with Gasteiger partial charge in [0.1, 0.15) is 6.61 Å². The van der Waals surface area contributed by atoms with Crippen LogP contribution >= 0.6 is 7.82 Å². The van der Waals surface area contributed by atoms with Gasteiger partial charge in [0.15, 0.2) is 6.10 Å². The summed E-state index contributed by atoms with van der Waals surface area (Å²) in [7, 11) is -4.37. The van der Waals surface area contributed by atoms with E-state index in [1.807, 2.05) is 0 Å². The second-order valence-corrected chi connectivity index (χ2v) is 16.7. The van der Waals surface area contributed by atoms with Crippen molar-refractivity contribution in [1.29, 1.82) is 0 Å². The van der Waals surface area contributed by atoms with Crippen molar-refractivity contribution in [2.75, 3.05) is 26.4 Å². The van der Waals surface area contributed by atoms with E-state index >= 15 is 0 Å². The van der Waals surface area contributed by atoms with Gasteiger partial charge in [-0.3, -0.25) is 18.6 Å². The molecule has 9 nitrogen and oxygen atoms in total. The minimum absolute atomic E-state index is 0.0581. The number of esters is 2. The Hall–Kier alpha value is -0.990. The number of carbonyl (C=O) groups excluding carboxylic acids is 2. The standard InChI is InChI=1S/C43H86NO8P/c1-3-5-7-9-11-13-15-17-19-20-21-22-24-25-27-29-31-33-35-42(45)49-39-41(40-51-53(47,48)50-38-37-44)52-43(46)36-34-32-30-28-26-23-18-16-14-12-10-8-6-4-2/h41H,3-40,44H2,1-2H3,(H,47,48)/t41-/m1/s1. The van der Waals surface area contributed by atoms with Crippen molar-refractivity contribution in [3.63, 3.8) is 0 Å². The molecule has 0 aromatic rings. The highest BCUT2D eigenvalue weighted by Gasteiger charge is 2.26. The minimum atomic E-state index is -4.37. The van der Waals surface area contributed by atoms with Crippen LogP contribution in [0.5, 0.6) is 0 Å². The van der Waals surface area contributed by atoms with Crippen LogP contribution in [0.15, 0.2) is 0 Å². The molecule has 53 heavy (non-hydrogen) atoms. The number of unbranched alkanes of at least 4 members (excludes halogenated alkanes) is 30. The van der Waals surface area contributed by atoms with Crippen molar-refractivity contribution >= 4 is 19.8 Å². The van der Waals surface area contributed by atoms with E-state index in [2.05, 4.69) is 13.8 Å². The Morgan fingerprint density at radius 2 is 0.811 bits per heavy atom. The zero-order chi connectivity index (χ0) is 38.9. The summed E-state index contributed by atoms with van der Waals surface area (Å²) < 4.78 is 32.8. The largest absolute Gasteiger partial charge is 0.472 e. The van der Waals surface area contributed by atoms with Crippen molar-refractivity contribution < 1.29 is 37.6 Å². The van der Waals surface area contributed by atoms with Gasteiger partial charge in [0, 0.05) is 19.4 Å². The van der Waals surface area contributed by atoms with Crippen LogP contribution in [-0.2, 0) is 32.7 Å². The Kier molecular flexibility index (Phi) is 39.9. The highest BCUT2D eigenvalue weighted by Crippen LogP contribution is 2.43. The summed E-state index contributed by atoms with van der Waals surface area (Å²) >= 11 is 0. The van der Waals surface area contributed by atoms with Crippen LogP contribution in [0.2, 0.25) is 0 Å². The van der Waals surface area contributed by atoms with Gasteiger partial charge in [0.25, 0.3) is 0 Å². The quantitative estimate of drug-likeness (QED) is 0.0352. The van der Waals surface area contributed by atoms with E-state index < -0.39 is 26.5 Å². The Bertz CT molecular complexity index is 845. The molecule has 0 aliphatic rings. The molecule has 316 valence electrons. The van der Waals surface area contributed by atoms with Crippen molar-refractivity contribution in [1.82, 2.24) is 0 Å². The Morgan fingerprint density at radius 3 is 1.15 bits per heavy atom. The molecule has 0 amide bonds. The number of rotatable bonds is 43. The molecule has 0 saturated carbocycles. The van der Waals surface area contributed by atoms with E-state index in [1.54, 1.807) is 0 Å². The fourth-order valence-electron chi connectivity index (χ4n) is 6.64. The smallest absolute Gasteiger partial charge is 0.462 e. The van der Waals surface area contributed by atoms with Gasteiger partial charge in [-0.2, -0.15) is 0 Å². The monoisotopic (exact) mass is 776 g/mol. The SMILES string of the molecule is CCCCCCCCCCCCCCCCCCCCC(=O)OC[C@H](COP(=O)(O)OCCN)OC(=O)CCCCCCCCCCCCCCCC. The third kappa shape index (κ3) is 40.5. The summed E-state index contributed by atoms with van der Waals surface area (Å²) in [5.74, 6) is -0.811. The molecule has 0 fully saturated rings. The average Bonchev–Trinajstić information content (AvgIpc) is 3.14. The predicted octanol–water partition coefficient (Wildman–Crippen LogP) is 12.8. The molecule has 2 atom stereocenters. The minimum Gasteiger partial charge on any atom is -0.462 e. The van der Waals surface area contributed by atoms with E-state index in [0.29, 0.717) is 6.42 Å². The third-order valence-electron chi connectivity index (χ3n) is 9.99. The number of phosphoric acid groups is 1. The van der Waals surface area contributed by atoms with Crippen molar-refractivity contribution in [2.24, 2.45) is 5.73 Å². The first kappa shape index (κ1) is 52.0. The van der Waals surface area contributed by atoms with E-state index in [1.165, 1.54) is 167 Å². The number of hydrogen-bond donors (Lipinski definition) is 2. The molecule has 0 heterocycles. The summed E-state index contributed by atoms with van der Waals surface area (Å²) in [6, 6.07) is 0. The van der Waals surface area contributed by atoms with Crippen molar-refractivity contribution in [2.45, 2.75) is 238 Å². The van der Waals surface area contributed by atoms with Gasteiger partial charge in [0.05, 0.1) is 13.2 Å². The Morgan fingerprint density at radius 1 is 0.491 bits per heavy atom. The maximum atomic E-state index is 12.6. The maximum Gasteiger partial charge on any atom is 0.472 e. The number of carbonyl (C=O) groups is 2. The Balaban J connectivity index is 4.06. The van der Waals surface area contributed by atoms with Crippen molar-refractivity contribution in [3.05, 3.63) is 0 Å². The fourth-order valence-corrected chi connectivity index (χ4v) is 7.40. The number of hydrogen-bond acceptors (Lipinski definition) is 8. The lowest BCUT2D eigenvalue weighted by atomic mass is 10.0. The van der Waals surface area contributed by atoms with Gasteiger partial charge >= 0.3 is 19.8 Å². The molecule has 0 radical (unpaired) electrons. The summed E-state index contributed by atoms with van der Waals surface area (Å²) in [5.41, 5.74) is 5.35. The molecular formula is C43H86NO8P. The molecule has 0 bridgehead atoms. The van der Waals surface area contributed by atoms with E-state index in [0.717, 1.165) is 32.1 Å². The number of phosphoric ester groups is 1.